The second-order valence-electron chi connectivity index (χ2n) is 7.31. The number of rotatable bonds is 11. The summed E-state index contributed by atoms with van der Waals surface area (Å²) >= 11 is 0. The van der Waals surface area contributed by atoms with Gasteiger partial charge >= 0.3 is 0 Å². The van der Waals surface area contributed by atoms with Gasteiger partial charge in [-0.25, -0.2) is 0 Å². The number of ether oxygens (including phenoxy) is 1. The van der Waals surface area contributed by atoms with Crippen LogP contribution in [0.1, 0.15) is 58.8 Å². The van der Waals surface area contributed by atoms with Gasteiger partial charge in [-0.05, 0) is 44.2 Å². The van der Waals surface area contributed by atoms with Crippen molar-refractivity contribution in [3.05, 3.63) is 0 Å². The van der Waals surface area contributed by atoms with Crippen LogP contribution in [-0.4, -0.2) is 51.3 Å². The van der Waals surface area contributed by atoms with Gasteiger partial charge in [0.15, 0.2) is 0 Å². The summed E-state index contributed by atoms with van der Waals surface area (Å²) in [6.07, 6.45) is 15.9. The van der Waals surface area contributed by atoms with Gasteiger partial charge in [0, 0.05) is 19.4 Å². The summed E-state index contributed by atoms with van der Waals surface area (Å²) < 4.78 is 5.80. The molecule has 0 aliphatic heterocycles. The second kappa shape index (κ2) is 10.6. The predicted octanol–water partition coefficient (Wildman–Crippen LogP) is 5.10. The van der Waals surface area contributed by atoms with Gasteiger partial charge in [0.05, 0.1) is 11.8 Å². The Morgan fingerprint density at radius 3 is 2.48 bits per heavy atom. The zero-order chi connectivity index (χ0) is 17.3. The van der Waals surface area contributed by atoms with E-state index in [2.05, 4.69) is 32.0 Å². The van der Waals surface area contributed by atoms with E-state index in [1.165, 1.54) is 56.6 Å². The minimum atomic E-state index is -0.928. The van der Waals surface area contributed by atoms with Crippen LogP contribution in [-0.2, 0) is 9.57 Å². The fraction of sp³-hybridized carbons (Fsp3) is 0.895. The van der Waals surface area contributed by atoms with E-state index in [0.29, 0.717) is 17.9 Å². The highest BCUT2D eigenvalue weighted by Crippen LogP contribution is 2.43. The lowest BCUT2D eigenvalue weighted by Gasteiger charge is -2.25. The first-order valence-electron chi connectivity index (χ1n) is 9.30. The molecule has 0 bridgehead atoms. The summed E-state index contributed by atoms with van der Waals surface area (Å²) in [6, 6.07) is 0. The molecular formula is C19H38NO2P. The molecule has 136 valence electrons. The molecule has 1 aliphatic rings. The maximum absolute atomic E-state index is 5.80. The molecule has 0 radical (unpaired) electrons. The lowest BCUT2D eigenvalue weighted by Crippen LogP contribution is -2.22. The predicted molar refractivity (Wildman–Crippen MR) is 106 cm³/mol. The quantitative estimate of drug-likeness (QED) is 0.297. The van der Waals surface area contributed by atoms with Gasteiger partial charge in [-0.3, -0.25) is 0 Å². The molecule has 4 heteroatoms. The van der Waals surface area contributed by atoms with Crippen LogP contribution in [0.25, 0.3) is 0 Å². The molecule has 0 aromatic carbocycles. The van der Waals surface area contributed by atoms with E-state index < -0.39 is 6.89 Å². The molecule has 23 heavy (non-hydrogen) atoms. The molecular weight excluding hydrogens is 305 g/mol. The summed E-state index contributed by atoms with van der Waals surface area (Å²) in [5.74, 6) is 1.14. The maximum Gasteiger partial charge on any atom is 0.106 e. The summed E-state index contributed by atoms with van der Waals surface area (Å²) in [6.45, 7) is 6.00. The molecule has 3 nitrogen and oxygen atoms in total. The second-order valence-corrected chi connectivity index (χ2v) is 11.6. The molecule has 0 amide bonds. The fourth-order valence-corrected chi connectivity index (χ4v) is 5.01. The molecule has 0 saturated heterocycles. The van der Waals surface area contributed by atoms with E-state index in [1.807, 2.05) is 7.11 Å². The van der Waals surface area contributed by atoms with Crippen molar-refractivity contribution in [2.24, 2.45) is 17.0 Å². The van der Waals surface area contributed by atoms with Crippen LogP contribution >= 0.6 is 6.89 Å². The summed E-state index contributed by atoms with van der Waals surface area (Å²) in [7, 11) is 3.51. The van der Waals surface area contributed by atoms with Gasteiger partial charge in [0.25, 0.3) is 0 Å². The molecule has 4 atom stereocenters. The van der Waals surface area contributed by atoms with E-state index in [-0.39, 0.29) is 0 Å². The maximum atomic E-state index is 5.80. The van der Waals surface area contributed by atoms with E-state index in [4.69, 9.17) is 9.57 Å². The number of hydrogen-bond donors (Lipinski definition) is 0. The molecule has 0 aromatic heterocycles. The Morgan fingerprint density at radius 1 is 1.17 bits per heavy atom. The number of methoxy groups -OCH3 is 1. The van der Waals surface area contributed by atoms with Crippen LogP contribution in [0.4, 0.5) is 0 Å². The highest BCUT2D eigenvalue weighted by molar-refractivity contribution is 7.72. The fourth-order valence-electron chi connectivity index (χ4n) is 3.74. The Morgan fingerprint density at radius 2 is 1.91 bits per heavy atom. The topological polar surface area (TPSA) is 30.8 Å². The molecule has 1 aliphatic carbocycles. The van der Waals surface area contributed by atoms with Gasteiger partial charge in [-0.15, -0.1) is 13.2 Å². The minimum Gasteiger partial charge on any atom is -0.399 e. The molecule has 0 spiro atoms. The third kappa shape index (κ3) is 6.63. The van der Waals surface area contributed by atoms with Gasteiger partial charge < -0.3 is 9.57 Å². The highest BCUT2D eigenvalue weighted by atomic mass is 31.2. The molecule has 1 saturated carbocycles. The third-order valence-electron chi connectivity index (χ3n) is 5.46. The summed E-state index contributed by atoms with van der Waals surface area (Å²) in [5.41, 5.74) is 1.23. The largest absolute Gasteiger partial charge is 0.399 e. The standard InChI is InChI=1S/C19H38NO2P/c1-7-9-10-12-16-17(13-11-14-23(5,6)8-2)19(21-3)15-18(16)20-22-4/h16-17,19H,5,7-15H2,1-4,6H3/b20-18+. The van der Waals surface area contributed by atoms with Crippen LogP contribution in [0.3, 0.4) is 0 Å². The van der Waals surface area contributed by atoms with Gasteiger partial charge in [0.1, 0.15) is 7.11 Å². The van der Waals surface area contributed by atoms with Crippen molar-refractivity contribution < 1.29 is 9.57 Å². The number of hydrogen-bond acceptors (Lipinski definition) is 3. The van der Waals surface area contributed by atoms with Crippen molar-refractivity contribution in [3.8, 4) is 0 Å². The molecule has 1 fully saturated rings. The Labute approximate surface area is 144 Å². The van der Waals surface area contributed by atoms with Crippen molar-refractivity contribution in [1.82, 2.24) is 0 Å². The van der Waals surface area contributed by atoms with E-state index >= 15 is 0 Å². The Hall–Kier alpha value is -0.270. The first-order valence-corrected chi connectivity index (χ1v) is 12.1. The molecule has 0 aromatic rings. The van der Waals surface area contributed by atoms with E-state index in [9.17, 15) is 0 Å². The zero-order valence-corrected chi connectivity index (χ0v) is 16.9. The average Bonchev–Trinajstić information content (AvgIpc) is 2.85. The Balaban J connectivity index is 2.71. The van der Waals surface area contributed by atoms with Crippen molar-refractivity contribution in [1.29, 1.82) is 0 Å². The minimum absolute atomic E-state index is 0.312. The highest BCUT2D eigenvalue weighted by Gasteiger charge is 2.40. The van der Waals surface area contributed by atoms with E-state index in [0.717, 1.165) is 6.42 Å². The monoisotopic (exact) mass is 343 g/mol. The SMILES string of the molecule is C=P(C)(CC)CCCC1C(OC)C/C(=N\OC)C1CCCCC. The van der Waals surface area contributed by atoms with Gasteiger partial charge in [0.2, 0.25) is 0 Å². The number of oxime groups is 1. The van der Waals surface area contributed by atoms with Crippen molar-refractivity contribution >= 4 is 18.9 Å². The zero-order valence-electron chi connectivity index (χ0n) is 16.0. The smallest absolute Gasteiger partial charge is 0.106 e. The molecule has 1 rings (SSSR count). The first kappa shape index (κ1) is 20.8. The normalized spacial score (nSPS) is 28.9. The van der Waals surface area contributed by atoms with Gasteiger partial charge in [-0.1, -0.05) is 38.3 Å². The number of unbranched alkanes of at least 4 members (excludes halogenated alkanes) is 2. The van der Waals surface area contributed by atoms with Crippen molar-refractivity contribution in [3.63, 3.8) is 0 Å². The summed E-state index contributed by atoms with van der Waals surface area (Å²) in [5, 5.41) is 4.34. The first-order chi connectivity index (χ1) is 11.0. The van der Waals surface area contributed by atoms with Gasteiger partial charge in [-0.2, -0.15) is 0 Å². The van der Waals surface area contributed by atoms with Crippen LogP contribution < -0.4 is 0 Å². The summed E-state index contributed by atoms with van der Waals surface area (Å²) in [4.78, 5) is 5.11. The van der Waals surface area contributed by atoms with Crippen molar-refractivity contribution in [2.45, 2.75) is 64.9 Å². The third-order valence-corrected chi connectivity index (χ3v) is 8.38. The van der Waals surface area contributed by atoms with Crippen molar-refractivity contribution in [2.75, 3.05) is 33.2 Å². The lowest BCUT2D eigenvalue weighted by molar-refractivity contribution is 0.0557. The Kier molecular flexibility index (Phi) is 9.54. The molecule has 4 unspecified atom stereocenters. The van der Waals surface area contributed by atoms with E-state index in [1.54, 1.807) is 7.11 Å². The van der Waals surface area contributed by atoms with Crippen LogP contribution in [0.5, 0.6) is 0 Å². The van der Waals surface area contributed by atoms with Crippen LogP contribution in [0.15, 0.2) is 5.16 Å². The average molecular weight is 343 g/mol. The molecule has 0 heterocycles. The van der Waals surface area contributed by atoms with Crippen LogP contribution in [0, 0.1) is 11.8 Å². The lowest BCUT2D eigenvalue weighted by atomic mass is 9.86. The Bertz CT molecular complexity index is 408. The van der Waals surface area contributed by atoms with Crippen LogP contribution in [0.2, 0.25) is 0 Å². The number of nitrogens with zero attached hydrogens (tertiary/aromatic N) is 1. The molecule has 0 N–H and O–H groups in total.